The molecule has 2 aromatic rings. The van der Waals surface area contributed by atoms with Crippen molar-refractivity contribution in [3.8, 4) is 0 Å². The van der Waals surface area contributed by atoms with Gasteiger partial charge in [-0.1, -0.05) is 32.9 Å². The highest BCUT2D eigenvalue weighted by Crippen LogP contribution is 2.40. The molecule has 8 heteroatoms. The van der Waals surface area contributed by atoms with Gasteiger partial charge >= 0.3 is 0 Å². The fourth-order valence-corrected chi connectivity index (χ4v) is 6.69. The van der Waals surface area contributed by atoms with Crippen molar-refractivity contribution in [2.24, 2.45) is 0 Å². The predicted octanol–water partition coefficient (Wildman–Crippen LogP) is 4.20. The van der Waals surface area contributed by atoms with Crippen LogP contribution in [0.3, 0.4) is 0 Å². The van der Waals surface area contributed by atoms with E-state index in [1.807, 2.05) is 12.1 Å². The van der Waals surface area contributed by atoms with Crippen molar-refractivity contribution in [2.75, 3.05) is 31.0 Å². The SMILES string of the molecule is CC(C)(C)c1ccc(S(=O)(=O)Nc2sc3c(c2C(=O)N2CCOCC2)CCCC3)cc1. The van der Waals surface area contributed by atoms with Gasteiger partial charge in [-0.2, -0.15) is 0 Å². The number of nitrogens with zero attached hydrogens (tertiary/aromatic N) is 1. The van der Waals surface area contributed by atoms with Crippen molar-refractivity contribution in [3.63, 3.8) is 0 Å². The Morgan fingerprint density at radius 2 is 1.71 bits per heavy atom. The van der Waals surface area contributed by atoms with Crippen LogP contribution in [0.25, 0.3) is 0 Å². The quantitative estimate of drug-likeness (QED) is 0.739. The van der Waals surface area contributed by atoms with E-state index in [2.05, 4.69) is 25.5 Å². The Morgan fingerprint density at radius 3 is 2.35 bits per heavy atom. The molecule has 1 amide bonds. The summed E-state index contributed by atoms with van der Waals surface area (Å²) >= 11 is 1.41. The lowest BCUT2D eigenvalue weighted by molar-refractivity contribution is 0.0303. The second-order valence-corrected chi connectivity index (χ2v) is 12.0. The number of ether oxygens (including phenoxy) is 1. The molecule has 6 nitrogen and oxygen atoms in total. The number of aryl methyl sites for hydroxylation is 1. The largest absolute Gasteiger partial charge is 0.378 e. The van der Waals surface area contributed by atoms with Crippen molar-refractivity contribution in [3.05, 3.63) is 45.8 Å². The zero-order valence-corrected chi connectivity index (χ0v) is 20.0. The average Bonchev–Trinajstić information content (AvgIpc) is 3.10. The third-order valence-electron chi connectivity index (χ3n) is 5.94. The van der Waals surface area contributed by atoms with Gasteiger partial charge in [0.05, 0.1) is 23.7 Å². The number of hydrogen-bond donors (Lipinski definition) is 1. The van der Waals surface area contributed by atoms with Gasteiger partial charge in [0.1, 0.15) is 5.00 Å². The molecule has 31 heavy (non-hydrogen) atoms. The standard InChI is InChI=1S/C23H30N2O4S2/c1-23(2,3)16-8-10-17(11-9-16)31(27,28)24-21-20(18-6-4-5-7-19(18)30-21)22(26)25-12-14-29-15-13-25/h8-11,24H,4-7,12-15H2,1-3H3. The first-order valence-electron chi connectivity index (χ1n) is 10.8. The fraction of sp³-hybridized carbons (Fsp3) is 0.522. The van der Waals surface area contributed by atoms with Gasteiger partial charge < -0.3 is 9.64 Å². The van der Waals surface area contributed by atoms with Crippen LogP contribution < -0.4 is 4.72 Å². The maximum absolute atomic E-state index is 13.4. The molecule has 0 bridgehead atoms. The molecule has 1 saturated heterocycles. The molecule has 2 heterocycles. The zero-order chi connectivity index (χ0) is 22.2. The summed E-state index contributed by atoms with van der Waals surface area (Å²) in [5.41, 5.74) is 2.58. The number of benzene rings is 1. The smallest absolute Gasteiger partial charge is 0.262 e. The van der Waals surface area contributed by atoms with Gasteiger partial charge in [0.15, 0.2) is 0 Å². The minimum atomic E-state index is -3.80. The first kappa shape index (κ1) is 22.3. The minimum absolute atomic E-state index is 0.0553. The number of hydrogen-bond acceptors (Lipinski definition) is 5. The summed E-state index contributed by atoms with van der Waals surface area (Å²) in [5, 5.41) is 0.447. The van der Waals surface area contributed by atoms with Crippen LogP contribution in [0.1, 0.15) is 60.0 Å². The molecule has 168 valence electrons. The summed E-state index contributed by atoms with van der Waals surface area (Å²) in [4.78, 5) is 16.5. The molecule has 1 fully saturated rings. The second-order valence-electron chi connectivity index (χ2n) is 9.20. The van der Waals surface area contributed by atoms with E-state index in [9.17, 15) is 13.2 Å². The summed E-state index contributed by atoms with van der Waals surface area (Å²) in [5.74, 6) is -0.0940. The van der Waals surface area contributed by atoms with E-state index in [4.69, 9.17) is 4.74 Å². The molecule has 2 aliphatic rings. The molecule has 1 aliphatic heterocycles. The maximum Gasteiger partial charge on any atom is 0.262 e. The van der Waals surface area contributed by atoms with E-state index in [0.717, 1.165) is 41.7 Å². The number of anilines is 1. The normalized spacial score (nSPS) is 17.3. The van der Waals surface area contributed by atoms with Gasteiger partial charge in [0.25, 0.3) is 15.9 Å². The monoisotopic (exact) mass is 462 g/mol. The fourth-order valence-electron chi connectivity index (χ4n) is 4.10. The lowest BCUT2D eigenvalue weighted by Crippen LogP contribution is -2.41. The summed E-state index contributed by atoms with van der Waals surface area (Å²) in [6.45, 7) is 8.36. The highest BCUT2D eigenvalue weighted by atomic mass is 32.2. The topological polar surface area (TPSA) is 75.7 Å². The van der Waals surface area contributed by atoms with E-state index >= 15 is 0 Å². The van der Waals surface area contributed by atoms with Crippen molar-refractivity contribution >= 4 is 32.3 Å². The van der Waals surface area contributed by atoms with Gasteiger partial charge in [-0.15, -0.1) is 11.3 Å². The third-order valence-corrected chi connectivity index (χ3v) is 8.64. The number of amides is 1. The van der Waals surface area contributed by atoms with Crippen LogP contribution in [0.4, 0.5) is 5.00 Å². The molecule has 0 saturated carbocycles. The van der Waals surface area contributed by atoms with Gasteiger partial charge in [-0.05, 0) is 54.4 Å². The first-order chi connectivity index (χ1) is 14.7. The van der Waals surface area contributed by atoms with Crippen molar-refractivity contribution in [1.82, 2.24) is 4.90 Å². The Balaban J connectivity index is 1.67. The number of morpholine rings is 1. The van der Waals surface area contributed by atoms with Crippen molar-refractivity contribution < 1.29 is 17.9 Å². The average molecular weight is 463 g/mol. The molecule has 0 spiro atoms. The van der Waals surface area contributed by atoms with Crippen LogP contribution in [0.15, 0.2) is 29.2 Å². The van der Waals surface area contributed by atoms with E-state index in [1.165, 1.54) is 11.3 Å². The van der Waals surface area contributed by atoms with Crippen LogP contribution in [0.2, 0.25) is 0 Å². The number of fused-ring (bicyclic) bond motifs is 1. The van der Waals surface area contributed by atoms with Crippen LogP contribution >= 0.6 is 11.3 Å². The zero-order valence-electron chi connectivity index (χ0n) is 18.4. The number of carbonyl (C=O) groups is 1. The van der Waals surface area contributed by atoms with Crippen LogP contribution in [-0.2, 0) is 33.0 Å². The molecule has 0 unspecified atom stereocenters. The summed E-state index contributed by atoms with van der Waals surface area (Å²) in [6.07, 6.45) is 3.80. The van der Waals surface area contributed by atoms with Gasteiger partial charge in [0, 0.05) is 18.0 Å². The van der Waals surface area contributed by atoms with Crippen molar-refractivity contribution in [1.29, 1.82) is 0 Å². The van der Waals surface area contributed by atoms with Crippen molar-refractivity contribution in [2.45, 2.75) is 56.8 Å². The summed E-state index contributed by atoms with van der Waals surface area (Å²) in [7, 11) is -3.80. The van der Waals surface area contributed by atoms with Crippen LogP contribution in [-0.4, -0.2) is 45.5 Å². The Labute approximate surface area is 188 Å². The molecule has 0 atom stereocenters. The van der Waals surface area contributed by atoms with Gasteiger partial charge in [-0.3, -0.25) is 9.52 Å². The number of carbonyl (C=O) groups excluding carboxylic acids is 1. The number of sulfonamides is 1. The highest BCUT2D eigenvalue weighted by molar-refractivity contribution is 7.93. The number of rotatable bonds is 4. The van der Waals surface area contributed by atoms with E-state index in [1.54, 1.807) is 17.0 Å². The minimum Gasteiger partial charge on any atom is -0.378 e. The lowest BCUT2D eigenvalue weighted by Gasteiger charge is -2.27. The molecule has 1 aromatic carbocycles. The van der Waals surface area contributed by atoms with E-state index < -0.39 is 10.0 Å². The molecule has 1 aromatic heterocycles. The Morgan fingerprint density at radius 1 is 1.06 bits per heavy atom. The van der Waals surface area contributed by atoms with Gasteiger partial charge in [-0.25, -0.2) is 8.42 Å². The predicted molar refractivity (Wildman–Crippen MR) is 124 cm³/mol. The van der Waals surface area contributed by atoms with E-state index in [0.29, 0.717) is 36.9 Å². The maximum atomic E-state index is 13.4. The second kappa shape index (κ2) is 8.56. The Hall–Kier alpha value is -1.90. The third kappa shape index (κ3) is 4.66. The molecular weight excluding hydrogens is 432 g/mol. The van der Waals surface area contributed by atoms with Crippen LogP contribution in [0, 0.1) is 0 Å². The van der Waals surface area contributed by atoms with Gasteiger partial charge in [0.2, 0.25) is 0 Å². The van der Waals surface area contributed by atoms with E-state index in [-0.39, 0.29) is 16.2 Å². The first-order valence-corrected chi connectivity index (χ1v) is 13.1. The molecular formula is C23H30N2O4S2. The number of nitrogens with one attached hydrogen (secondary N) is 1. The Bertz CT molecular complexity index is 1060. The summed E-state index contributed by atoms with van der Waals surface area (Å²) < 4.78 is 34.5. The van der Waals surface area contributed by atoms with Crippen LogP contribution in [0.5, 0.6) is 0 Å². The lowest BCUT2D eigenvalue weighted by atomic mass is 9.87. The molecule has 1 aliphatic carbocycles. The summed E-state index contributed by atoms with van der Waals surface area (Å²) in [6, 6.07) is 6.99. The Kier molecular flexibility index (Phi) is 6.16. The molecule has 0 radical (unpaired) electrons. The number of thiophene rings is 1. The molecule has 1 N–H and O–H groups in total. The highest BCUT2D eigenvalue weighted by Gasteiger charge is 2.31. The molecule has 4 rings (SSSR count).